The second kappa shape index (κ2) is 7.16. The first-order valence-electron chi connectivity index (χ1n) is 9.30. The molecule has 0 atom stereocenters. The highest BCUT2D eigenvalue weighted by atomic mass is 15.3. The van der Waals surface area contributed by atoms with Crippen LogP contribution in [0.1, 0.15) is 11.1 Å². The highest BCUT2D eigenvalue weighted by Crippen LogP contribution is 2.33. The molecule has 0 saturated carbocycles. The number of hydrogen-bond donors (Lipinski definition) is 2. The standard InChI is InChI=1S/C24H24N4/c1-17-15-21(16-18(2)22(17)19-9-5-3-6-10-19)28-14-13-27(23(25)24(28)26)20-11-7-4-8-12-20/h3-16H,25-26H2,1-2H3. The summed E-state index contributed by atoms with van der Waals surface area (Å²) < 4.78 is 0. The van der Waals surface area contributed by atoms with E-state index in [4.69, 9.17) is 11.5 Å². The summed E-state index contributed by atoms with van der Waals surface area (Å²) in [4.78, 5) is 3.83. The summed E-state index contributed by atoms with van der Waals surface area (Å²) >= 11 is 0. The Bertz CT molecular complexity index is 1030. The van der Waals surface area contributed by atoms with Gasteiger partial charge in [-0.1, -0.05) is 48.5 Å². The Morgan fingerprint density at radius 3 is 1.61 bits per heavy atom. The van der Waals surface area contributed by atoms with Crippen molar-refractivity contribution in [3.05, 3.63) is 108 Å². The van der Waals surface area contributed by atoms with E-state index in [0.717, 1.165) is 11.4 Å². The fraction of sp³-hybridized carbons (Fsp3) is 0.0833. The Labute approximate surface area is 166 Å². The Hall–Kier alpha value is -3.66. The summed E-state index contributed by atoms with van der Waals surface area (Å²) in [5, 5.41) is 0. The average molecular weight is 368 g/mol. The summed E-state index contributed by atoms with van der Waals surface area (Å²) in [6.45, 7) is 4.26. The number of nitrogens with two attached hydrogens (primary N) is 2. The third-order valence-corrected chi connectivity index (χ3v) is 5.04. The quantitative estimate of drug-likeness (QED) is 0.696. The fourth-order valence-corrected chi connectivity index (χ4v) is 3.72. The molecule has 3 aromatic carbocycles. The Balaban J connectivity index is 1.71. The molecule has 3 aromatic rings. The molecule has 0 bridgehead atoms. The first kappa shape index (κ1) is 17.7. The monoisotopic (exact) mass is 368 g/mol. The molecule has 4 heteroatoms. The molecule has 0 aliphatic carbocycles. The van der Waals surface area contributed by atoms with E-state index in [1.54, 1.807) is 0 Å². The van der Waals surface area contributed by atoms with Crippen LogP contribution >= 0.6 is 0 Å². The van der Waals surface area contributed by atoms with Crippen molar-refractivity contribution in [3.8, 4) is 11.1 Å². The highest BCUT2D eigenvalue weighted by Gasteiger charge is 2.21. The molecule has 0 spiro atoms. The number of benzene rings is 3. The van der Waals surface area contributed by atoms with E-state index in [2.05, 4.69) is 50.2 Å². The number of nitrogens with zero attached hydrogens (tertiary/aromatic N) is 2. The summed E-state index contributed by atoms with van der Waals surface area (Å²) in [5.74, 6) is 1.02. The van der Waals surface area contributed by atoms with Gasteiger partial charge in [0.25, 0.3) is 0 Å². The zero-order valence-electron chi connectivity index (χ0n) is 16.1. The molecule has 0 amide bonds. The van der Waals surface area contributed by atoms with Crippen molar-refractivity contribution in [1.29, 1.82) is 0 Å². The molecule has 28 heavy (non-hydrogen) atoms. The van der Waals surface area contributed by atoms with Gasteiger partial charge in [0.2, 0.25) is 0 Å². The maximum absolute atomic E-state index is 6.42. The minimum atomic E-state index is 0.510. The molecule has 0 fully saturated rings. The van der Waals surface area contributed by atoms with Gasteiger partial charge in [-0.25, -0.2) is 0 Å². The molecule has 1 aliphatic heterocycles. The average Bonchev–Trinajstić information content (AvgIpc) is 2.71. The van der Waals surface area contributed by atoms with Crippen LogP contribution in [-0.2, 0) is 0 Å². The van der Waals surface area contributed by atoms with Crippen LogP contribution in [0.2, 0.25) is 0 Å². The molecule has 0 radical (unpaired) electrons. The van der Waals surface area contributed by atoms with Gasteiger partial charge in [-0.05, 0) is 60.4 Å². The van der Waals surface area contributed by atoms with Gasteiger partial charge in [-0.15, -0.1) is 0 Å². The van der Waals surface area contributed by atoms with E-state index < -0.39 is 0 Å². The maximum Gasteiger partial charge on any atom is 0.149 e. The van der Waals surface area contributed by atoms with E-state index in [0.29, 0.717) is 11.6 Å². The molecule has 140 valence electrons. The number of anilines is 2. The van der Waals surface area contributed by atoms with Crippen molar-refractivity contribution >= 4 is 11.4 Å². The lowest BCUT2D eigenvalue weighted by Crippen LogP contribution is -2.37. The van der Waals surface area contributed by atoms with E-state index in [1.165, 1.54) is 22.3 Å². The summed E-state index contributed by atoms with van der Waals surface area (Å²) in [5.41, 5.74) is 19.6. The first-order chi connectivity index (χ1) is 13.6. The van der Waals surface area contributed by atoms with Crippen molar-refractivity contribution in [3.63, 3.8) is 0 Å². The molecule has 0 unspecified atom stereocenters. The predicted molar refractivity (Wildman–Crippen MR) is 117 cm³/mol. The van der Waals surface area contributed by atoms with Gasteiger partial charge in [0.1, 0.15) is 11.6 Å². The van der Waals surface area contributed by atoms with Gasteiger partial charge in [-0.2, -0.15) is 0 Å². The highest BCUT2D eigenvalue weighted by molar-refractivity contribution is 5.75. The summed E-state index contributed by atoms with van der Waals surface area (Å²) in [6.07, 6.45) is 3.89. The van der Waals surface area contributed by atoms with Crippen LogP contribution in [0.5, 0.6) is 0 Å². The lowest BCUT2D eigenvalue weighted by molar-refractivity contribution is 0.953. The SMILES string of the molecule is Cc1cc(N2C=CN(c3ccccc3)C(N)=C2N)cc(C)c1-c1ccccc1. The van der Waals surface area contributed by atoms with Gasteiger partial charge in [0.15, 0.2) is 0 Å². The lowest BCUT2D eigenvalue weighted by atomic mass is 9.95. The van der Waals surface area contributed by atoms with Crippen LogP contribution in [0.15, 0.2) is 96.8 Å². The Morgan fingerprint density at radius 1 is 0.607 bits per heavy atom. The van der Waals surface area contributed by atoms with Crippen LogP contribution in [0.25, 0.3) is 11.1 Å². The largest absolute Gasteiger partial charge is 0.382 e. The van der Waals surface area contributed by atoms with Gasteiger partial charge in [0.05, 0.1) is 0 Å². The third kappa shape index (κ3) is 3.09. The lowest BCUT2D eigenvalue weighted by Gasteiger charge is -2.32. The molecular weight excluding hydrogens is 344 g/mol. The fourth-order valence-electron chi connectivity index (χ4n) is 3.72. The van der Waals surface area contributed by atoms with Crippen molar-refractivity contribution < 1.29 is 0 Å². The molecule has 0 aromatic heterocycles. The maximum atomic E-state index is 6.42. The minimum Gasteiger partial charge on any atom is -0.382 e. The zero-order valence-corrected chi connectivity index (χ0v) is 16.1. The molecule has 4 N–H and O–H groups in total. The normalized spacial score (nSPS) is 13.9. The van der Waals surface area contributed by atoms with Crippen LogP contribution in [0, 0.1) is 13.8 Å². The zero-order chi connectivity index (χ0) is 19.7. The van der Waals surface area contributed by atoms with Gasteiger partial charge < -0.3 is 11.5 Å². The first-order valence-corrected chi connectivity index (χ1v) is 9.30. The molecule has 1 aliphatic rings. The van der Waals surface area contributed by atoms with Crippen molar-refractivity contribution in [2.45, 2.75) is 13.8 Å². The number of aryl methyl sites for hydroxylation is 2. The molecular formula is C24H24N4. The molecule has 4 nitrogen and oxygen atoms in total. The minimum absolute atomic E-state index is 0.510. The number of hydrogen-bond acceptors (Lipinski definition) is 4. The number of rotatable bonds is 3. The van der Waals surface area contributed by atoms with E-state index in [1.807, 2.05) is 58.6 Å². The van der Waals surface area contributed by atoms with Crippen molar-refractivity contribution in [1.82, 2.24) is 0 Å². The second-order valence-corrected chi connectivity index (χ2v) is 6.96. The van der Waals surface area contributed by atoms with Crippen LogP contribution in [0.3, 0.4) is 0 Å². The Morgan fingerprint density at radius 2 is 1.07 bits per heavy atom. The van der Waals surface area contributed by atoms with Gasteiger partial charge in [-0.3, -0.25) is 9.80 Å². The van der Waals surface area contributed by atoms with E-state index >= 15 is 0 Å². The topological polar surface area (TPSA) is 58.5 Å². The molecule has 0 saturated heterocycles. The van der Waals surface area contributed by atoms with Crippen LogP contribution < -0.4 is 21.3 Å². The van der Waals surface area contributed by atoms with Gasteiger partial charge >= 0.3 is 0 Å². The Kier molecular flexibility index (Phi) is 4.53. The smallest absolute Gasteiger partial charge is 0.149 e. The van der Waals surface area contributed by atoms with E-state index in [9.17, 15) is 0 Å². The van der Waals surface area contributed by atoms with Crippen molar-refractivity contribution in [2.24, 2.45) is 11.5 Å². The van der Waals surface area contributed by atoms with Crippen molar-refractivity contribution in [2.75, 3.05) is 9.80 Å². The summed E-state index contributed by atoms with van der Waals surface area (Å²) in [7, 11) is 0. The van der Waals surface area contributed by atoms with Gasteiger partial charge in [0, 0.05) is 23.8 Å². The molecule has 4 rings (SSSR count). The molecule has 1 heterocycles. The predicted octanol–water partition coefficient (Wildman–Crippen LogP) is 4.81. The third-order valence-electron chi connectivity index (χ3n) is 5.04. The summed E-state index contributed by atoms with van der Waals surface area (Å²) in [6, 6.07) is 24.7. The second-order valence-electron chi connectivity index (χ2n) is 6.96. The van der Waals surface area contributed by atoms with E-state index in [-0.39, 0.29) is 0 Å². The number of para-hydroxylation sites is 1. The van der Waals surface area contributed by atoms with Crippen LogP contribution in [0.4, 0.5) is 11.4 Å². The van der Waals surface area contributed by atoms with Crippen LogP contribution in [-0.4, -0.2) is 0 Å².